The molecule has 1 fully saturated rings. The second-order valence-corrected chi connectivity index (χ2v) is 7.88. The van der Waals surface area contributed by atoms with E-state index in [9.17, 15) is 9.90 Å². The van der Waals surface area contributed by atoms with E-state index in [1.165, 1.54) is 0 Å². The van der Waals surface area contributed by atoms with E-state index in [0.717, 1.165) is 41.3 Å². The van der Waals surface area contributed by atoms with Gasteiger partial charge in [-0.1, -0.05) is 15.9 Å². The third kappa shape index (κ3) is 4.04. The summed E-state index contributed by atoms with van der Waals surface area (Å²) in [5, 5.41) is 19.6. The fraction of sp³-hybridized carbons (Fsp3) is 0.286. The van der Waals surface area contributed by atoms with Crippen LogP contribution in [-0.4, -0.2) is 40.7 Å². The molecule has 0 atom stereocenters. The molecular formula is C21H21BrN4O3. The minimum absolute atomic E-state index is 0.0104. The Balaban J connectivity index is 1.68. The lowest BCUT2D eigenvalue weighted by molar-refractivity contribution is 0.0995. The standard InChI is InChI=1S/C21H21BrN4O3/c1-29-16-7-4-14(5-8-16)20(27)24-23-19-17-12-15(22)6-9-18(17)26(21(19)28)13-25-10-2-3-11-25/h4-9,12,28H,2-3,10-11,13H2,1H3. The zero-order valence-electron chi connectivity index (χ0n) is 16.0. The minimum Gasteiger partial charge on any atom is -0.497 e. The van der Waals surface area contributed by atoms with Crippen LogP contribution in [0.5, 0.6) is 11.6 Å². The van der Waals surface area contributed by atoms with Crippen molar-refractivity contribution < 1.29 is 14.6 Å². The number of carbonyl (C=O) groups is 1. The van der Waals surface area contributed by atoms with Crippen molar-refractivity contribution in [1.29, 1.82) is 0 Å². The van der Waals surface area contributed by atoms with Gasteiger partial charge in [-0.25, -0.2) is 0 Å². The van der Waals surface area contributed by atoms with Gasteiger partial charge in [0.15, 0.2) is 5.69 Å². The van der Waals surface area contributed by atoms with E-state index in [-0.39, 0.29) is 5.88 Å². The number of rotatable bonds is 5. The number of likely N-dealkylation sites (tertiary alicyclic amines) is 1. The number of aromatic nitrogens is 1. The smallest absolute Gasteiger partial charge is 0.295 e. The van der Waals surface area contributed by atoms with Gasteiger partial charge in [0.1, 0.15) is 5.75 Å². The molecule has 29 heavy (non-hydrogen) atoms. The predicted molar refractivity (Wildman–Crippen MR) is 114 cm³/mol. The summed E-state index contributed by atoms with van der Waals surface area (Å²) in [5.74, 6) is 0.185. The average Bonchev–Trinajstić information content (AvgIpc) is 3.33. The highest BCUT2D eigenvalue weighted by molar-refractivity contribution is 9.10. The van der Waals surface area contributed by atoms with Crippen molar-refractivity contribution in [1.82, 2.24) is 9.47 Å². The number of benzene rings is 2. The Morgan fingerprint density at radius 1 is 1.17 bits per heavy atom. The van der Waals surface area contributed by atoms with Crippen molar-refractivity contribution in [2.75, 3.05) is 20.2 Å². The second kappa shape index (κ2) is 8.34. The molecule has 0 spiro atoms. The highest BCUT2D eigenvalue weighted by Crippen LogP contribution is 2.40. The van der Waals surface area contributed by atoms with Crippen LogP contribution in [0, 0.1) is 0 Å². The highest BCUT2D eigenvalue weighted by atomic mass is 79.9. The molecule has 7 nitrogen and oxygen atoms in total. The molecule has 1 amide bonds. The van der Waals surface area contributed by atoms with Crippen molar-refractivity contribution in [3.63, 3.8) is 0 Å². The van der Waals surface area contributed by atoms with Crippen molar-refractivity contribution in [3.8, 4) is 11.6 Å². The molecule has 1 aromatic heterocycles. The maximum atomic E-state index is 12.4. The van der Waals surface area contributed by atoms with E-state index < -0.39 is 5.91 Å². The van der Waals surface area contributed by atoms with Crippen LogP contribution in [0.15, 0.2) is 57.2 Å². The molecule has 0 aliphatic carbocycles. The summed E-state index contributed by atoms with van der Waals surface area (Å²) in [4.78, 5) is 14.7. The Bertz CT molecular complexity index is 1070. The Hall–Kier alpha value is -2.71. The van der Waals surface area contributed by atoms with Crippen LogP contribution < -0.4 is 4.74 Å². The first kappa shape index (κ1) is 19.6. The number of hydrogen-bond donors (Lipinski definition) is 1. The number of hydrogen-bond acceptors (Lipinski definition) is 5. The lowest BCUT2D eigenvalue weighted by Gasteiger charge is -2.17. The van der Waals surface area contributed by atoms with Crippen LogP contribution in [-0.2, 0) is 6.67 Å². The molecule has 150 valence electrons. The van der Waals surface area contributed by atoms with Crippen LogP contribution in [0.25, 0.3) is 10.9 Å². The second-order valence-electron chi connectivity index (χ2n) is 6.96. The van der Waals surface area contributed by atoms with Gasteiger partial charge >= 0.3 is 0 Å². The first-order valence-corrected chi connectivity index (χ1v) is 10.2. The molecule has 0 bridgehead atoms. The molecule has 1 aliphatic heterocycles. The number of amides is 1. The molecular weight excluding hydrogens is 436 g/mol. The largest absolute Gasteiger partial charge is 0.497 e. The molecule has 8 heteroatoms. The van der Waals surface area contributed by atoms with E-state index in [2.05, 4.69) is 31.1 Å². The van der Waals surface area contributed by atoms with Gasteiger partial charge in [-0.05, 0) is 68.4 Å². The molecule has 0 saturated carbocycles. The molecule has 1 aliphatic rings. The minimum atomic E-state index is -0.484. The molecule has 2 aromatic carbocycles. The van der Waals surface area contributed by atoms with Crippen molar-refractivity contribution in [3.05, 3.63) is 52.5 Å². The number of fused-ring (bicyclic) bond motifs is 1. The van der Waals surface area contributed by atoms with Gasteiger partial charge in [0.25, 0.3) is 5.91 Å². The molecule has 0 radical (unpaired) electrons. The van der Waals surface area contributed by atoms with Crippen molar-refractivity contribution in [2.45, 2.75) is 19.5 Å². The average molecular weight is 457 g/mol. The lowest BCUT2D eigenvalue weighted by atomic mass is 10.2. The summed E-state index contributed by atoms with van der Waals surface area (Å²) >= 11 is 3.47. The van der Waals surface area contributed by atoms with Gasteiger partial charge in [-0.15, -0.1) is 10.2 Å². The summed E-state index contributed by atoms with van der Waals surface area (Å²) in [6.45, 7) is 2.58. The Morgan fingerprint density at radius 2 is 1.90 bits per heavy atom. The summed E-state index contributed by atoms with van der Waals surface area (Å²) in [6, 6.07) is 12.4. The highest BCUT2D eigenvalue weighted by Gasteiger charge is 2.21. The number of carbonyl (C=O) groups excluding carboxylic acids is 1. The maximum Gasteiger partial charge on any atom is 0.295 e. The van der Waals surface area contributed by atoms with Crippen LogP contribution in [0.1, 0.15) is 23.2 Å². The van der Waals surface area contributed by atoms with Crippen molar-refractivity contribution >= 4 is 38.4 Å². The normalized spacial score (nSPS) is 14.8. The van der Waals surface area contributed by atoms with E-state index in [4.69, 9.17) is 4.74 Å². The monoisotopic (exact) mass is 456 g/mol. The maximum absolute atomic E-state index is 12.4. The molecule has 1 N–H and O–H groups in total. The summed E-state index contributed by atoms with van der Waals surface area (Å²) in [7, 11) is 1.56. The quantitative estimate of drug-likeness (QED) is 0.541. The Morgan fingerprint density at radius 3 is 2.59 bits per heavy atom. The van der Waals surface area contributed by atoms with Gasteiger partial charge in [0, 0.05) is 15.4 Å². The summed E-state index contributed by atoms with van der Waals surface area (Å²) in [5.41, 5.74) is 1.54. The number of nitrogens with zero attached hydrogens (tertiary/aromatic N) is 4. The number of methoxy groups -OCH3 is 1. The van der Waals surface area contributed by atoms with E-state index in [1.54, 1.807) is 31.4 Å². The van der Waals surface area contributed by atoms with Crippen LogP contribution in [0.4, 0.5) is 5.69 Å². The molecule has 1 saturated heterocycles. The molecule has 4 rings (SSSR count). The number of halogens is 1. The van der Waals surface area contributed by atoms with Crippen LogP contribution >= 0.6 is 15.9 Å². The van der Waals surface area contributed by atoms with Gasteiger partial charge in [0.2, 0.25) is 5.88 Å². The van der Waals surface area contributed by atoms with Gasteiger partial charge < -0.3 is 9.84 Å². The zero-order chi connectivity index (χ0) is 20.4. The fourth-order valence-electron chi connectivity index (χ4n) is 3.55. The first-order chi connectivity index (χ1) is 14.1. The number of aromatic hydroxyl groups is 1. The van der Waals surface area contributed by atoms with Gasteiger partial charge in [-0.3, -0.25) is 14.3 Å². The SMILES string of the molecule is COc1ccc(C(=O)N=Nc2c(O)n(CN3CCCC3)c3ccc(Br)cc23)cc1. The van der Waals surface area contributed by atoms with Crippen molar-refractivity contribution in [2.24, 2.45) is 10.2 Å². The third-order valence-corrected chi connectivity index (χ3v) is 5.58. The van der Waals surface area contributed by atoms with E-state index >= 15 is 0 Å². The Labute approximate surface area is 176 Å². The fourth-order valence-corrected chi connectivity index (χ4v) is 3.91. The van der Waals surface area contributed by atoms with Crippen LogP contribution in [0.3, 0.4) is 0 Å². The molecule has 2 heterocycles. The third-order valence-electron chi connectivity index (χ3n) is 5.09. The van der Waals surface area contributed by atoms with Gasteiger partial charge in [0.05, 0.1) is 19.3 Å². The number of ether oxygens (including phenoxy) is 1. The van der Waals surface area contributed by atoms with E-state index in [1.807, 2.05) is 22.8 Å². The van der Waals surface area contributed by atoms with E-state index in [0.29, 0.717) is 23.7 Å². The lowest BCUT2D eigenvalue weighted by Crippen LogP contribution is -2.22. The number of azo groups is 1. The molecule has 0 unspecified atom stereocenters. The summed E-state index contributed by atoms with van der Waals surface area (Å²) in [6.07, 6.45) is 2.32. The molecule has 3 aromatic rings. The predicted octanol–water partition coefficient (Wildman–Crippen LogP) is 5.10. The Kier molecular flexibility index (Phi) is 5.64. The summed E-state index contributed by atoms with van der Waals surface area (Å²) < 4.78 is 7.78. The van der Waals surface area contributed by atoms with Crippen LogP contribution in [0.2, 0.25) is 0 Å². The zero-order valence-corrected chi connectivity index (χ0v) is 17.6. The first-order valence-electron chi connectivity index (χ1n) is 9.40. The topological polar surface area (TPSA) is 79.4 Å². The van der Waals surface area contributed by atoms with Gasteiger partial charge in [-0.2, -0.15) is 0 Å².